The molecular formula is C18H24N4O. The molecule has 0 saturated carbocycles. The Labute approximate surface area is 137 Å². The second kappa shape index (κ2) is 5.89. The van der Waals surface area contributed by atoms with Gasteiger partial charge in [-0.3, -0.25) is 0 Å². The van der Waals surface area contributed by atoms with Gasteiger partial charge in [0.15, 0.2) is 0 Å². The molecule has 0 amide bonds. The first-order valence-electron chi connectivity index (χ1n) is 8.45. The number of ether oxygens (including phenoxy) is 1. The maximum absolute atomic E-state index is 5.53. The molecule has 1 aromatic carbocycles. The summed E-state index contributed by atoms with van der Waals surface area (Å²) in [5.41, 5.74) is 3.72. The molecular weight excluding hydrogens is 288 g/mol. The van der Waals surface area contributed by atoms with Crippen molar-refractivity contribution in [3.8, 4) is 11.4 Å². The molecule has 1 saturated heterocycles. The highest BCUT2D eigenvalue weighted by molar-refractivity contribution is 5.60. The van der Waals surface area contributed by atoms with E-state index in [1.54, 1.807) is 7.11 Å². The van der Waals surface area contributed by atoms with Crippen LogP contribution in [0.3, 0.4) is 0 Å². The number of para-hydroxylation sites is 2. The largest absolute Gasteiger partial charge is 0.494 e. The van der Waals surface area contributed by atoms with E-state index in [1.165, 1.54) is 24.1 Å². The number of nitrogens with zero attached hydrogens (tertiary/aromatic N) is 3. The maximum atomic E-state index is 5.53. The summed E-state index contributed by atoms with van der Waals surface area (Å²) in [6.07, 6.45) is 3.48. The number of nitrogens with one attached hydrogen (secondary N) is 1. The number of anilines is 1. The molecule has 2 aliphatic rings. The molecule has 0 atom stereocenters. The van der Waals surface area contributed by atoms with Crippen molar-refractivity contribution in [3.05, 3.63) is 35.5 Å². The summed E-state index contributed by atoms with van der Waals surface area (Å²) >= 11 is 0. The van der Waals surface area contributed by atoms with Crippen molar-refractivity contribution < 1.29 is 4.74 Å². The van der Waals surface area contributed by atoms with Crippen molar-refractivity contribution in [3.63, 3.8) is 0 Å². The average molecular weight is 312 g/mol. The number of benzene rings is 1. The number of methoxy groups -OCH3 is 1. The van der Waals surface area contributed by atoms with Crippen LogP contribution in [0.4, 0.5) is 5.82 Å². The molecule has 0 spiro atoms. The lowest BCUT2D eigenvalue weighted by molar-refractivity contribution is 0.252. The summed E-state index contributed by atoms with van der Waals surface area (Å²) < 4.78 is 7.58. The maximum Gasteiger partial charge on any atom is 0.144 e. The monoisotopic (exact) mass is 312 g/mol. The van der Waals surface area contributed by atoms with Crippen molar-refractivity contribution in [1.29, 1.82) is 0 Å². The molecule has 122 valence electrons. The number of hydrogen-bond acceptors (Lipinski definition) is 4. The van der Waals surface area contributed by atoms with Gasteiger partial charge in [-0.25, -0.2) is 4.68 Å². The molecule has 1 N–H and O–H groups in total. The lowest BCUT2D eigenvalue weighted by Gasteiger charge is -2.28. The molecule has 0 bridgehead atoms. The Morgan fingerprint density at radius 1 is 1.22 bits per heavy atom. The number of hydrogen-bond donors (Lipinski definition) is 1. The molecule has 4 rings (SSSR count). The van der Waals surface area contributed by atoms with Crippen molar-refractivity contribution in [2.24, 2.45) is 0 Å². The zero-order valence-electron chi connectivity index (χ0n) is 13.9. The van der Waals surface area contributed by atoms with Gasteiger partial charge in [0.2, 0.25) is 0 Å². The SMILES string of the molecule is COc1ccccc1-n1nc(C2CCN(C)CC2)c2c1NCC2. The first kappa shape index (κ1) is 14.6. The molecule has 1 aromatic heterocycles. The van der Waals surface area contributed by atoms with Gasteiger partial charge < -0.3 is 15.0 Å². The molecule has 5 heteroatoms. The zero-order valence-corrected chi connectivity index (χ0v) is 13.9. The minimum atomic E-state index is 0.579. The number of rotatable bonds is 3. The molecule has 23 heavy (non-hydrogen) atoms. The van der Waals surface area contributed by atoms with Gasteiger partial charge in [-0.1, -0.05) is 12.1 Å². The van der Waals surface area contributed by atoms with E-state index in [4.69, 9.17) is 9.84 Å². The van der Waals surface area contributed by atoms with E-state index in [1.807, 2.05) is 18.2 Å². The van der Waals surface area contributed by atoms with Crippen LogP contribution < -0.4 is 10.1 Å². The van der Waals surface area contributed by atoms with Crippen molar-refractivity contribution in [2.75, 3.05) is 39.1 Å². The minimum Gasteiger partial charge on any atom is -0.494 e. The van der Waals surface area contributed by atoms with Crippen LogP contribution in [0, 0.1) is 0 Å². The number of fused-ring (bicyclic) bond motifs is 1. The van der Waals surface area contributed by atoms with Crippen LogP contribution in [0.2, 0.25) is 0 Å². The van der Waals surface area contributed by atoms with Crippen molar-refractivity contribution in [1.82, 2.24) is 14.7 Å². The van der Waals surface area contributed by atoms with Crippen LogP contribution >= 0.6 is 0 Å². The Hall–Kier alpha value is -2.01. The number of piperidine rings is 1. The highest BCUT2D eigenvalue weighted by Gasteiger charge is 2.30. The molecule has 0 aliphatic carbocycles. The molecule has 2 aromatic rings. The standard InChI is InChI=1S/C18H24N4O/c1-21-11-8-13(9-12-21)17-14-7-10-19-18(14)22(20-17)15-5-3-4-6-16(15)23-2/h3-6,13,19H,7-12H2,1-2H3. The van der Waals surface area contributed by atoms with Crippen LogP contribution in [-0.4, -0.2) is 48.5 Å². The third kappa shape index (κ3) is 2.49. The van der Waals surface area contributed by atoms with Gasteiger partial charge in [-0.2, -0.15) is 5.10 Å². The second-order valence-electron chi connectivity index (χ2n) is 6.55. The summed E-state index contributed by atoms with van der Waals surface area (Å²) in [6, 6.07) is 8.10. The summed E-state index contributed by atoms with van der Waals surface area (Å²) in [4.78, 5) is 2.41. The van der Waals surface area contributed by atoms with Crippen molar-refractivity contribution in [2.45, 2.75) is 25.2 Å². The molecule has 0 unspecified atom stereocenters. The Balaban J connectivity index is 1.76. The Morgan fingerprint density at radius 3 is 2.78 bits per heavy atom. The molecule has 0 radical (unpaired) electrons. The fraction of sp³-hybridized carbons (Fsp3) is 0.500. The fourth-order valence-corrected chi connectivity index (χ4v) is 3.79. The summed E-state index contributed by atoms with van der Waals surface area (Å²) in [6.45, 7) is 3.32. The summed E-state index contributed by atoms with van der Waals surface area (Å²) in [5, 5.41) is 8.54. The third-order valence-electron chi connectivity index (χ3n) is 5.10. The Morgan fingerprint density at radius 2 is 2.00 bits per heavy atom. The molecule has 2 aliphatic heterocycles. The lowest BCUT2D eigenvalue weighted by Crippen LogP contribution is -2.29. The van der Waals surface area contributed by atoms with Gasteiger partial charge in [-0.15, -0.1) is 0 Å². The van der Waals surface area contributed by atoms with Crippen LogP contribution in [0.5, 0.6) is 5.75 Å². The first-order chi connectivity index (χ1) is 11.3. The van der Waals surface area contributed by atoms with Gasteiger partial charge in [0.05, 0.1) is 12.8 Å². The van der Waals surface area contributed by atoms with E-state index in [0.717, 1.165) is 43.3 Å². The Kier molecular flexibility index (Phi) is 3.73. The molecule has 5 nitrogen and oxygen atoms in total. The van der Waals surface area contributed by atoms with Gasteiger partial charge in [0.1, 0.15) is 17.3 Å². The number of aromatic nitrogens is 2. The van der Waals surface area contributed by atoms with Gasteiger partial charge in [0.25, 0.3) is 0 Å². The fourth-order valence-electron chi connectivity index (χ4n) is 3.79. The molecule has 3 heterocycles. The van der Waals surface area contributed by atoms with E-state index in [0.29, 0.717) is 5.92 Å². The second-order valence-corrected chi connectivity index (χ2v) is 6.55. The first-order valence-corrected chi connectivity index (χ1v) is 8.45. The van der Waals surface area contributed by atoms with Gasteiger partial charge in [-0.05, 0) is 51.5 Å². The average Bonchev–Trinajstić information content (AvgIpc) is 3.18. The summed E-state index contributed by atoms with van der Waals surface area (Å²) in [7, 11) is 3.92. The normalized spacial score (nSPS) is 18.7. The third-order valence-corrected chi connectivity index (χ3v) is 5.10. The highest BCUT2D eigenvalue weighted by atomic mass is 16.5. The Bertz CT molecular complexity index is 701. The summed E-state index contributed by atoms with van der Waals surface area (Å²) in [5.74, 6) is 2.60. The van der Waals surface area contributed by atoms with Gasteiger partial charge in [0, 0.05) is 18.0 Å². The topological polar surface area (TPSA) is 42.3 Å². The predicted octanol–water partition coefficient (Wildman–Crippen LogP) is 2.66. The number of likely N-dealkylation sites (tertiary alicyclic amines) is 1. The minimum absolute atomic E-state index is 0.579. The predicted molar refractivity (Wildman–Crippen MR) is 91.8 cm³/mol. The lowest BCUT2D eigenvalue weighted by atomic mass is 9.91. The van der Waals surface area contributed by atoms with Crippen LogP contribution in [0.1, 0.15) is 30.0 Å². The van der Waals surface area contributed by atoms with Crippen molar-refractivity contribution >= 4 is 5.82 Å². The quantitative estimate of drug-likeness (QED) is 0.946. The van der Waals surface area contributed by atoms with E-state index in [-0.39, 0.29) is 0 Å². The molecule has 1 fully saturated rings. The van der Waals surface area contributed by atoms with Gasteiger partial charge >= 0.3 is 0 Å². The smallest absolute Gasteiger partial charge is 0.144 e. The van der Waals surface area contributed by atoms with E-state index in [9.17, 15) is 0 Å². The highest BCUT2D eigenvalue weighted by Crippen LogP contribution is 2.38. The van der Waals surface area contributed by atoms with E-state index < -0.39 is 0 Å². The van der Waals surface area contributed by atoms with Crippen LogP contribution in [0.15, 0.2) is 24.3 Å². The van der Waals surface area contributed by atoms with E-state index >= 15 is 0 Å². The van der Waals surface area contributed by atoms with Crippen LogP contribution in [0.25, 0.3) is 5.69 Å². The zero-order chi connectivity index (χ0) is 15.8. The van der Waals surface area contributed by atoms with Crippen LogP contribution in [-0.2, 0) is 6.42 Å². The van der Waals surface area contributed by atoms with E-state index in [2.05, 4.69) is 28.0 Å².